The molecule has 1 aliphatic carbocycles. The van der Waals surface area contributed by atoms with E-state index in [1.807, 2.05) is 0 Å². The van der Waals surface area contributed by atoms with Crippen LogP contribution >= 0.6 is 0 Å². The maximum absolute atomic E-state index is 6.06. The second-order valence-corrected chi connectivity index (χ2v) is 5.25. The first kappa shape index (κ1) is 12.4. The monoisotopic (exact) mass is 232 g/mol. The molecule has 1 aliphatic rings. The van der Waals surface area contributed by atoms with Gasteiger partial charge < -0.3 is 10.6 Å². The molecule has 2 rings (SSSR count). The number of rotatable bonds is 3. The van der Waals surface area contributed by atoms with E-state index in [0.717, 1.165) is 0 Å². The van der Waals surface area contributed by atoms with E-state index in [4.69, 9.17) is 5.73 Å². The van der Waals surface area contributed by atoms with Crippen LogP contribution in [0.15, 0.2) is 24.3 Å². The van der Waals surface area contributed by atoms with Gasteiger partial charge in [-0.3, -0.25) is 0 Å². The Morgan fingerprint density at radius 2 is 1.82 bits per heavy atom. The van der Waals surface area contributed by atoms with Crippen LogP contribution in [-0.4, -0.2) is 13.1 Å². The molecule has 1 saturated carbocycles. The number of nitrogens with two attached hydrogens (primary N) is 1. The predicted molar refractivity (Wildman–Crippen MR) is 74.3 cm³/mol. The highest BCUT2D eigenvalue weighted by molar-refractivity contribution is 5.55. The van der Waals surface area contributed by atoms with Gasteiger partial charge in [0.05, 0.1) is 0 Å². The van der Waals surface area contributed by atoms with E-state index < -0.39 is 0 Å². The van der Waals surface area contributed by atoms with Gasteiger partial charge in [-0.2, -0.15) is 0 Å². The first-order valence-electron chi connectivity index (χ1n) is 6.77. The molecule has 0 radical (unpaired) electrons. The molecule has 94 valence electrons. The van der Waals surface area contributed by atoms with Crippen LogP contribution in [-0.2, 0) is 0 Å². The van der Waals surface area contributed by atoms with Gasteiger partial charge in [0.2, 0.25) is 0 Å². The molecule has 17 heavy (non-hydrogen) atoms. The average molecular weight is 232 g/mol. The van der Waals surface area contributed by atoms with Gasteiger partial charge in [0.25, 0.3) is 0 Å². The van der Waals surface area contributed by atoms with Crippen molar-refractivity contribution < 1.29 is 0 Å². The summed E-state index contributed by atoms with van der Waals surface area (Å²) in [5.41, 5.74) is 8.63. The van der Waals surface area contributed by atoms with Gasteiger partial charge in [0.1, 0.15) is 0 Å². The molecule has 1 aromatic carbocycles. The van der Waals surface area contributed by atoms with Gasteiger partial charge in [0.15, 0.2) is 0 Å². The Morgan fingerprint density at radius 1 is 1.18 bits per heavy atom. The second kappa shape index (κ2) is 5.54. The van der Waals surface area contributed by atoms with Gasteiger partial charge in [-0.05, 0) is 31.4 Å². The molecule has 1 unspecified atom stereocenters. The zero-order chi connectivity index (χ0) is 12.3. The smallest absolute Gasteiger partial charge is 0.0414 e. The van der Waals surface area contributed by atoms with Crippen LogP contribution in [0.3, 0.4) is 0 Å². The Labute approximate surface area is 105 Å². The lowest BCUT2D eigenvalue weighted by Crippen LogP contribution is -2.34. The fourth-order valence-corrected chi connectivity index (χ4v) is 2.86. The van der Waals surface area contributed by atoms with E-state index in [1.165, 1.54) is 43.4 Å². The van der Waals surface area contributed by atoms with Gasteiger partial charge in [0, 0.05) is 24.8 Å². The highest BCUT2D eigenvalue weighted by atomic mass is 15.1. The maximum Gasteiger partial charge on any atom is 0.0414 e. The van der Waals surface area contributed by atoms with Crippen molar-refractivity contribution in [2.45, 2.75) is 51.1 Å². The Balaban J connectivity index is 2.20. The quantitative estimate of drug-likeness (QED) is 0.864. The van der Waals surface area contributed by atoms with Crippen LogP contribution in [0, 0.1) is 0 Å². The summed E-state index contributed by atoms with van der Waals surface area (Å²) in [6.07, 6.45) is 6.79. The molecule has 0 heterocycles. The molecule has 0 aromatic heterocycles. The third-order valence-corrected chi connectivity index (χ3v) is 3.93. The molecule has 0 aliphatic heterocycles. The highest BCUT2D eigenvalue weighted by Gasteiger charge is 2.20. The highest BCUT2D eigenvalue weighted by Crippen LogP contribution is 2.30. The van der Waals surface area contributed by atoms with Gasteiger partial charge in [-0.1, -0.05) is 37.5 Å². The molecular formula is C15H24N2. The Bertz CT molecular complexity index is 354. The number of para-hydroxylation sites is 1. The summed E-state index contributed by atoms with van der Waals surface area (Å²) >= 11 is 0. The van der Waals surface area contributed by atoms with Crippen LogP contribution in [0.4, 0.5) is 5.69 Å². The number of hydrogen-bond donors (Lipinski definition) is 1. The fourth-order valence-electron chi connectivity index (χ4n) is 2.86. The lowest BCUT2D eigenvalue weighted by Gasteiger charge is -2.34. The van der Waals surface area contributed by atoms with Crippen LogP contribution in [0.5, 0.6) is 0 Å². The molecular weight excluding hydrogens is 208 g/mol. The zero-order valence-corrected chi connectivity index (χ0v) is 11.0. The van der Waals surface area contributed by atoms with Crippen molar-refractivity contribution in [2.75, 3.05) is 11.9 Å². The molecule has 1 fully saturated rings. The molecule has 2 nitrogen and oxygen atoms in total. The molecule has 2 N–H and O–H groups in total. The zero-order valence-electron chi connectivity index (χ0n) is 11.0. The molecule has 0 amide bonds. The normalized spacial score (nSPS) is 19.0. The Kier molecular flexibility index (Phi) is 4.06. The summed E-state index contributed by atoms with van der Waals surface area (Å²) in [6, 6.07) is 9.35. The number of hydrogen-bond acceptors (Lipinski definition) is 2. The van der Waals surface area contributed by atoms with E-state index in [2.05, 4.69) is 43.1 Å². The van der Waals surface area contributed by atoms with Crippen LogP contribution in [0.25, 0.3) is 0 Å². The Morgan fingerprint density at radius 3 is 2.47 bits per heavy atom. The average Bonchev–Trinajstić information content (AvgIpc) is 2.39. The Hall–Kier alpha value is -1.02. The van der Waals surface area contributed by atoms with Crippen LogP contribution < -0.4 is 10.6 Å². The van der Waals surface area contributed by atoms with Gasteiger partial charge in [-0.25, -0.2) is 0 Å². The third kappa shape index (κ3) is 2.81. The largest absolute Gasteiger partial charge is 0.371 e. The van der Waals surface area contributed by atoms with Gasteiger partial charge >= 0.3 is 0 Å². The minimum absolute atomic E-state index is 0.109. The van der Waals surface area contributed by atoms with Crippen LogP contribution in [0.2, 0.25) is 0 Å². The van der Waals surface area contributed by atoms with E-state index >= 15 is 0 Å². The SMILES string of the molecule is CC(N)c1ccccc1N(C)C1CCCCC1. The first-order valence-corrected chi connectivity index (χ1v) is 6.77. The summed E-state index contributed by atoms with van der Waals surface area (Å²) in [6.45, 7) is 2.06. The molecule has 0 bridgehead atoms. The second-order valence-electron chi connectivity index (χ2n) is 5.25. The number of nitrogens with zero attached hydrogens (tertiary/aromatic N) is 1. The number of benzene rings is 1. The minimum Gasteiger partial charge on any atom is -0.371 e. The van der Waals surface area contributed by atoms with E-state index in [9.17, 15) is 0 Å². The predicted octanol–water partition coefficient (Wildman–Crippen LogP) is 3.48. The van der Waals surface area contributed by atoms with Crippen molar-refractivity contribution in [2.24, 2.45) is 5.73 Å². The van der Waals surface area contributed by atoms with Crippen molar-refractivity contribution in [1.29, 1.82) is 0 Å². The lowest BCUT2D eigenvalue weighted by atomic mass is 9.93. The summed E-state index contributed by atoms with van der Waals surface area (Å²) in [5.74, 6) is 0. The minimum atomic E-state index is 0.109. The van der Waals surface area contributed by atoms with E-state index in [1.54, 1.807) is 0 Å². The summed E-state index contributed by atoms with van der Waals surface area (Å²) in [4.78, 5) is 2.44. The molecule has 1 atom stereocenters. The van der Waals surface area contributed by atoms with Crippen molar-refractivity contribution in [1.82, 2.24) is 0 Å². The third-order valence-electron chi connectivity index (χ3n) is 3.93. The van der Waals surface area contributed by atoms with E-state index in [0.29, 0.717) is 6.04 Å². The molecule has 2 heteroatoms. The van der Waals surface area contributed by atoms with Gasteiger partial charge in [-0.15, -0.1) is 0 Å². The van der Waals surface area contributed by atoms with Crippen molar-refractivity contribution in [3.8, 4) is 0 Å². The van der Waals surface area contributed by atoms with Crippen LogP contribution in [0.1, 0.15) is 50.6 Å². The van der Waals surface area contributed by atoms with E-state index in [-0.39, 0.29) is 6.04 Å². The van der Waals surface area contributed by atoms with Crippen molar-refractivity contribution in [3.63, 3.8) is 0 Å². The topological polar surface area (TPSA) is 29.3 Å². The first-order chi connectivity index (χ1) is 8.20. The summed E-state index contributed by atoms with van der Waals surface area (Å²) < 4.78 is 0. The summed E-state index contributed by atoms with van der Waals surface area (Å²) in [7, 11) is 2.22. The van der Waals surface area contributed by atoms with Crippen molar-refractivity contribution in [3.05, 3.63) is 29.8 Å². The molecule has 0 saturated heterocycles. The molecule has 1 aromatic rings. The molecule has 0 spiro atoms. The standard InChI is InChI=1S/C15H24N2/c1-12(16)14-10-6-7-11-15(14)17(2)13-8-4-3-5-9-13/h6-7,10-13H,3-5,8-9,16H2,1-2H3. The fraction of sp³-hybridized carbons (Fsp3) is 0.600. The number of anilines is 1. The lowest BCUT2D eigenvalue weighted by molar-refractivity contribution is 0.427. The maximum atomic E-state index is 6.06. The van der Waals surface area contributed by atoms with Crippen molar-refractivity contribution >= 4 is 5.69 Å². The summed E-state index contributed by atoms with van der Waals surface area (Å²) in [5, 5.41) is 0.